The molecule has 4 rings (SSSR count). The van der Waals surface area contributed by atoms with Gasteiger partial charge in [-0.3, -0.25) is 4.79 Å². The van der Waals surface area contributed by atoms with E-state index in [0.717, 1.165) is 49.8 Å². The first-order valence-electron chi connectivity index (χ1n) is 11.3. The third-order valence-electron chi connectivity index (χ3n) is 7.13. The molecule has 166 valence electrons. The second-order valence-electron chi connectivity index (χ2n) is 9.14. The van der Waals surface area contributed by atoms with Crippen LogP contribution in [0.2, 0.25) is 0 Å². The third-order valence-corrected chi connectivity index (χ3v) is 7.13. The normalized spacial score (nSPS) is 23.4. The summed E-state index contributed by atoms with van der Waals surface area (Å²) in [5.41, 5.74) is 2.12. The number of hydrogen-bond donors (Lipinski definition) is 1. The van der Waals surface area contributed by atoms with Gasteiger partial charge in [0.25, 0.3) is 5.91 Å². The zero-order valence-electron chi connectivity index (χ0n) is 18.4. The minimum atomic E-state index is -0.431. The lowest BCUT2D eigenvalue weighted by Gasteiger charge is -2.44. The Morgan fingerprint density at radius 2 is 1.74 bits per heavy atom. The van der Waals surface area contributed by atoms with E-state index in [1.54, 1.807) is 19.2 Å². The van der Waals surface area contributed by atoms with Crippen molar-refractivity contribution < 1.29 is 19.0 Å². The Kier molecular flexibility index (Phi) is 6.33. The Balaban J connectivity index is 1.53. The Morgan fingerprint density at radius 1 is 1.10 bits per heavy atom. The van der Waals surface area contributed by atoms with Gasteiger partial charge in [0.1, 0.15) is 11.6 Å². The maximum atomic E-state index is 14.5. The van der Waals surface area contributed by atoms with E-state index in [4.69, 9.17) is 4.74 Å². The number of aliphatic hydroxyl groups excluding tert-OH is 1. The summed E-state index contributed by atoms with van der Waals surface area (Å²) in [7, 11) is 1.66. The summed E-state index contributed by atoms with van der Waals surface area (Å²) in [6, 6.07) is 13.4. The molecular weight excluding hydrogens is 393 g/mol. The molecule has 0 saturated heterocycles. The predicted octanol–water partition coefficient (Wildman–Crippen LogP) is 5.01. The fraction of sp³-hybridized carbons (Fsp3) is 0.500. The van der Waals surface area contributed by atoms with Crippen molar-refractivity contribution in [2.45, 2.75) is 69.4 Å². The summed E-state index contributed by atoms with van der Waals surface area (Å²) in [6.07, 6.45) is 6.22. The number of carbonyl (C=O) groups excluding carboxylic acids is 1. The van der Waals surface area contributed by atoms with Crippen LogP contribution in [0.5, 0.6) is 5.75 Å². The van der Waals surface area contributed by atoms with Gasteiger partial charge in [-0.1, -0.05) is 18.2 Å². The molecule has 4 nitrogen and oxygen atoms in total. The maximum absolute atomic E-state index is 14.5. The van der Waals surface area contributed by atoms with Gasteiger partial charge in [0.05, 0.1) is 12.7 Å². The van der Waals surface area contributed by atoms with Gasteiger partial charge in [-0.05, 0) is 92.7 Å². The average Bonchev–Trinajstić information content (AvgIpc) is 3.60. The molecule has 1 amide bonds. The highest BCUT2D eigenvalue weighted by molar-refractivity contribution is 5.95. The number of hydrogen-bond acceptors (Lipinski definition) is 3. The van der Waals surface area contributed by atoms with E-state index in [-0.39, 0.29) is 35.6 Å². The topological polar surface area (TPSA) is 49.8 Å². The molecule has 2 saturated carbocycles. The summed E-state index contributed by atoms with van der Waals surface area (Å²) in [4.78, 5) is 15.3. The Labute approximate surface area is 184 Å². The van der Waals surface area contributed by atoms with Crippen LogP contribution in [0.1, 0.15) is 66.4 Å². The van der Waals surface area contributed by atoms with Crippen LogP contribution in [0.15, 0.2) is 42.5 Å². The van der Waals surface area contributed by atoms with Crippen LogP contribution in [-0.4, -0.2) is 41.7 Å². The smallest absolute Gasteiger partial charge is 0.257 e. The second-order valence-corrected chi connectivity index (χ2v) is 9.14. The largest absolute Gasteiger partial charge is 0.497 e. The zero-order chi connectivity index (χ0) is 22.0. The van der Waals surface area contributed by atoms with Gasteiger partial charge in [-0.15, -0.1) is 0 Å². The number of aryl methyl sites for hydroxylation is 1. The van der Waals surface area contributed by atoms with Crippen molar-refractivity contribution in [1.29, 1.82) is 0 Å². The highest BCUT2D eigenvalue weighted by Crippen LogP contribution is 2.45. The van der Waals surface area contributed by atoms with Crippen LogP contribution in [0, 0.1) is 12.7 Å². The summed E-state index contributed by atoms with van der Waals surface area (Å²) in [5.74, 6) is 0.214. The minimum absolute atomic E-state index is 0.0924. The number of benzene rings is 2. The molecule has 0 unspecified atom stereocenters. The summed E-state index contributed by atoms with van der Waals surface area (Å²) in [5, 5.41) is 9.78. The van der Waals surface area contributed by atoms with E-state index < -0.39 is 5.82 Å². The fourth-order valence-corrected chi connectivity index (χ4v) is 5.19. The molecule has 31 heavy (non-hydrogen) atoms. The van der Waals surface area contributed by atoms with E-state index in [9.17, 15) is 14.3 Å². The molecular formula is C26H32FNO3. The molecule has 0 radical (unpaired) electrons. The molecule has 2 fully saturated rings. The molecule has 2 aromatic rings. The minimum Gasteiger partial charge on any atom is -0.497 e. The molecule has 2 aromatic carbocycles. The molecule has 0 bridgehead atoms. The highest BCUT2D eigenvalue weighted by atomic mass is 19.1. The van der Waals surface area contributed by atoms with Crippen LogP contribution in [-0.2, 0) is 5.41 Å². The first-order valence-corrected chi connectivity index (χ1v) is 11.3. The first-order chi connectivity index (χ1) is 15.0. The summed E-state index contributed by atoms with van der Waals surface area (Å²) < 4.78 is 19.8. The maximum Gasteiger partial charge on any atom is 0.257 e. The van der Waals surface area contributed by atoms with Gasteiger partial charge in [0, 0.05) is 18.7 Å². The molecule has 1 N–H and O–H groups in total. The number of carbonyl (C=O) groups is 1. The van der Waals surface area contributed by atoms with Crippen molar-refractivity contribution in [3.05, 3.63) is 65.0 Å². The molecule has 0 atom stereocenters. The van der Waals surface area contributed by atoms with Crippen molar-refractivity contribution in [2.24, 2.45) is 0 Å². The van der Waals surface area contributed by atoms with Crippen LogP contribution >= 0.6 is 0 Å². The fourth-order valence-electron chi connectivity index (χ4n) is 5.19. The SMILES string of the molecule is COc1ccc([C@]2(CCO)CC[C@@H](N(C(=O)c3ccc(C)cc3F)C3CC3)CC2)cc1. The van der Waals surface area contributed by atoms with Gasteiger partial charge in [-0.25, -0.2) is 4.39 Å². The lowest BCUT2D eigenvalue weighted by molar-refractivity contribution is 0.0546. The quantitative estimate of drug-likeness (QED) is 0.678. The summed E-state index contributed by atoms with van der Waals surface area (Å²) >= 11 is 0. The first kappa shape index (κ1) is 21.8. The average molecular weight is 426 g/mol. The lowest BCUT2D eigenvalue weighted by atomic mass is 9.66. The highest BCUT2D eigenvalue weighted by Gasteiger charge is 2.43. The van der Waals surface area contributed by atoms with E-state index in [1.807, 2.05) is 24.0 Å². The molecule has 5 heteroatoms. The van der Waals surface area contributed by atoms with Crippen LogP contribution in [0.3, 0.4) is 0 Å². The Morgan fingerprint density at radius 3 is 2.29 bits per heavy atom. The molecule has 0 aliphatic heterocycles. The van der Waals surface area contributed by atoms with E-state index in [0.29, 0.717) is 6.42 Å². The zero-order valence-corrected chi connectivity index (χ0v) is 18.4. The van der Waals surface area contributed by atoms with Crippen LogP contribution in [0.25, 0.3) is 0 Å². The third kappa shape index (κ3) is 4.47. The standard InChI is InChI=1S/C26H32FNO3/c1-18-3-10-23(24(27)17-18)25(30)28(20-6-7-20)21-11-13-26(14-12-21,15-16-29)19-4-8-22(31-2)9-5-19/h3-5,8-10,17,20-21,29H,6-7,11-16H2,1-2H3/t21-,26-. The number of amides is 1. The second kappa shape index (κ2) is 8.99. The molecule has 0 spiro atoms. The monoisotopic (exact) mass is 425 g/mol. The van der Waals surface area contributed by atoms with Crippen molar-refractivity contribution in [2.75, 3.05) is 13.7 Å². The van der Waals surface area contributed by atoms with Crippen molar-refractivity contribution >= 4 is 5.91 Å². The number of nitrogens with zero attached hydrogens (tertiary/aromatic N) is 1. The van der Waals surface area contributed by atoms with Gasteiger partial charge in [0.15, 0.2) is 0 Å². The van der Waals surface area contributed by atoms with Gasteiger partial charge >= 0.3 is 0 Å². The van der Waals surface area contributed by atoms with Crippen LogP contribution in [0.4, 0.5) is 4.39 Å². The van der Waals surface area contributed by atoms with Gasteiger partial charge in [0.2, 0.25) is 0 Å². The lowest BCUT2D eigenvalue weighted by Crippen LogP contribution is -2.47. The number of halogens is 1. The molecule has 0 heterocycles. The van der Waals surface area contributed by atoms with E-state index >= 15 is 0 Å². The summed E-state index contributed by atoms with van der Waals surface area (Å²) in [6.45, 7) is 1.97. The van der Waals surface area contributed by atoms with Crippen molar-refractivity contribution in [3.63, 3.8) is 0 Å². The number of rotatable bonds is 7. The van der Waals surface area contributed by atoms with Crippen LogP contribution < -0.4 is 4.74 Å². The molecule has 2 aliphatic carbocycles. The number of aliphatic hydroxyl groups is 1. The Hall–Kier alpha value is -2.40. The van der Waals surface area contributed by atoms with Crippen molar-refractivity contribution in [3.8, 4) is 5.75 Å². The molecule has 0 aromatic heterocycles. The van der Waals surface area contributed by atoms with Gasteiger partial charge < -0.3 is 14.7 Å². The van der Waals surface area contributed by atoms with Crippen molar-refractivity contribution in [1.82, 2.24) is 4.90 Å². The van der Waals surface area contributed by atoms with Gasteiger partial charge in [-0.2, -0.15) is 0 Å². The van der Waals surface area contributed by atoms with E-state index in [1.165, 1.54) is 11.6 Å². The molecule has 2 aliphatic rings. The Bertz CT molecular complexity index is 915. The number of ether oxygens (including phenoxy) is 1. The predicted molar refractivity (Wildman–Crippen MR) is 119 cm³/mol. The van der Waals surface area contributed by atoms with E-state index in [2.05, 4.69) is 12.1 Å². The number of methoxy groups -OCH3 is 1.